The number of imide groups is 1. The lowest BCUT2D eigenvalue weighted by Crippen LogP contribution is -2.31. The summed E-state index contributed by atoms with van der Waals surface area (Å²) in [5.74, 6) is -1.32. The number of rotatable bonds is 3. The number of anilines is 2. The number of allylic oxidation sites excluding steroid dienone is 2. The van der Waals surface area contributed by atoms with Gasteiger partial charge in [-0.1, -0.05) is 35.4 Å². The maximum atomic E-state index is 12.9. The van der Waals surface area contributed by atoms with Gasteiger partial charge < -0.3 is 5.32 Å². The Hall–Kier alpha value is -2.92. The molecule has 5 nitrogen and oxygen atoms in total. The van der Waals surface area contributed by atoms with Gasteiger partial charge in [0.25, 0.3) is 5.91 Å². The van der Waals surface area contributed by atoms with E-state index < -0.39 is 0 Å². The first-order valence-corrected chi connectivity index (χ1v) is 9.52. The Balaban J connectivity index is 1.58. The van der Waals surface area contributed by atoms with Crippen LogP contribution in [-0.2, 0) is 9.59 Å². The number of hydrogen-bond donors (Lipinski definition) is 1. The van der Waals surface area contributed by atoms with Crippen molar-refractivity contribution in [1.29, 1.82) is 0 Å². The van der Waals surface area contributed by atoms with Gasteiger partial charge in [0.1, 0.15) is 0 Å². The van der Waals surface area contributed by atoms with E-state index in [1.54, 1.807) is 48.5 Å². The Labute approximate surface area is 168 Å². The van der Waals surface area contributed by atoms with Crippen molar-refractivity contribution in [1.82, 2.24) is 0 Å². The topological polar surface area (TPSA) is 66.5 Å². The second-order valence-electron chi connectivity index (χ2n) is 7.23. The Bertz CT molecular complexity index is 1010. The molecule has 4 rings (SSSR count). The number of nitrogens with one attached hydrogen (secondary N) is 1. The second-order valence-corrected chi connectivity index (χ2v) is 7.67. The van der Waals surface area contributed by atoms with Gasteiger partial charge in [0.2, 0.25) is 11.8 Å². The van der Waals surface area contributed by atoms with Crippen molar-refractivity contribution in [2.75, 3.05) is 10.2 Å². The number of hydrogen-bond acceptors (Lipinski definition) is 3. The summed E-state index contributed by atoms with van der Waals surface area (Å²) in [6, 6.07) is 13.4. The molecule has 1 saturated heterocycles. The molecule has 1 heterocycles. The highest BCUT2D eigenvalue weighted by molar-refractivity contribution is 6.31. The van der Waals surface area contributed by atoms with Crippen LogP contribution in [-0.4, -0.2) is 17.7 Å². The van der Waals surface area contributed by atoms with Crippen molar-refractivity contribution >= 4 is 40.7 Å². The first kappa shape index (κ1) is 18.4. The van der Waals surface area contributed by atoms with E-state index in [0.717, 1.165) is 5.57 Å². The van der Waals surface area contributed by atoms with E-state index >= 15 is 0 Å². The van der Waals surface area contributed by atoms with Gasteiger partial charge in [-0.2, -0.15) is 0 Å². The number of fused-ring (bicyclic) bond motifs is 1. The van der Waals surface area contributed by atoms with Crippen LogP contribution in [0.4, 0.5) is 11.4 Å². The lowest BCUT2D eigenvalue weighted by molar-refractivity contribution is -0.122. The van der Waals surface area contributed by atoms with Crippen LogP contribution in [0.2, 0.25) is 5.02 Å². The van der Waals surface area contributed by atoms with Gasteiger partial charge in [0.05, 0.1) is 17.5 Å². The molecule has 1 aliphatic heterocycles. The van der Waals surface area contributed by atoms with Gasteiger partial charge in [0.15, 0.2) is 0 Å². The number of nitrogens with zero attached hydrogens (tertiary/aromatic N) is 1. The summed E-state index contributed by atoms with van der Waals surface area (Å²) in [7, 11) is 0. The second kappa shape index (κ2) is 7.24. The summed E-state index contributed by atoms with van der Waals surface area (Å²) in [5.41, 5.74) is 2.51. The molecule has 0 saturated carbocycles. The molecule has 2 aromatic rings. The molecule has 2 aliphatic rings. The van der Waals surface area contributed by atoms with Crippen LogP contribution in [0.3, 0.4) is 0 Å². The van der Waals surface area contributed by atoms with Crippen molar-refractivity contribution in [2.45, 2.75) is 19.8 Å². The van der Waals surface area contributed by atoms with Crippen molar-refractivity contribution in [2.24, 2.45) is 11.8 Å². The van der Waals surface area contributed by atoms with Crippen molar-refractivity contribution in [3.63, 3.8) is 0 Å². The van der Waals surface area contributed by atoms with Crippen LogP contribution in [0.5, 0.6) is 0 Å². The summed E-state index contributed by atoms with van der Waals surface area (Å²) in [6.45, 7) is 1.98. The summed E-state index contributed by atoms with van der Waals surface area (Å²) in [6.07, 6.45) is 3.23. The molecule has 0 radical (unpaired) electrons. The molecule has 28 heavy (non-hydrogen) atoms. The van der Waals surface area contributed by atoms with Gasteiger partial charge in [0, 0.05) is 16.3 Å². The number of benzene rings is 2. The fraction of sp³-hybridized carbons (Fsp3) is 0.227. The standard InChI is InChI=1S/C22H19ClN2O3/c1-13-8-9-18-19(10-13)22(28)25(21(18)27)17-7-2-4-14(11-17)20(26)24-16-6-3-5-15(23)12-16/h2-8,11-12,18-19H,9-10H2,1H3,(H,24,26)/t18-,19-/m0/s1. The maximum Gasteiger partial charge on any atom is 0.255 e. The molecule has 2 aromatic carbocycles. The highest BCUT2D eigenvalue weighted by atomic mass is 35.5. The van der Waals surface area contributed by atoms with Crippen LogP contribution in [0, 0.1) is 11.8 Å². The molecule has 1 fully saturated rings. The minimum atomic E-state index is -0.335. The molecule has 0 spiro atoms. The number of carbonyl (C=O) groups excluding carboxylic acids is 3. The van der Waals surface area contributed by atoms with Crippen molar-refractivity contribution in [3.05, 3.63) is 70.8 Å². The first-order valence-electron chi connectivity index (χ1n) is 9.14. The van der Waals surface area contributed by atoms with E-state index in [1.807, 2.05) is 13.0 Å². The third-order valence-electron chi connectivity index (χ3n) is 5.27. The van der Waals surface area contributed by atoms with E-state index in [2.05, 4.69) is 5.32 Å². The molecular weight excluding hydrogens is 376 g/mol. The minimum absolute atomic E-state index is 0.185. The van der Waals surface area contributed by atoms with Crippen molar-refractivity contribution < 1.29 is 14.4 Å². The van der Waals surface area contributed by atoms with Crippen LogP contribution < -0.4 is 10.2 Å². The lowest BCUT2D eigenvalue weighted by atomic mass is 9.82. The van der Waals surface area contributed by atoms with Gasteiger partial charge >= 0.3 is 0 Å². The van der Waals surface area contributed by atoms with Gasteiger partial charge in [-0.15, -0.1) is 0 Å². The zero-order valence-electron chi connectivity index (χ0n) is 15.3. The largest absolute Gasteiger partial charge is 0.322 e. The molecule has 6 heteroatoms. The third kappa shape index (κ3) is 3.34. The summed E-state index contributed by atoms with van der Waals surface area (Å²) < 4.78 is 0. The monoisotopic (exact) mass is 394 g/mol. The predicted octanol–water partition coefficient (Wildman–Crippen LogP) is 4.44. The van der Waals surface area contributed by atoms with E-state index in [9.17, 15) is 14.4 Å². The molecule has 2 atom stereocenters. The Morgan fingerprint density at radius 1 is 1.07 bits per heavy atom. The van der Waals surface area contributed by atoms with Crippen molar-refractivity contribution in [3.8, 4) is 0 Å². The highest BCUT2D eigenvalue weighted by Gasteiger charge is 2.48. The molecule has 1 N–H and O–H groups in total. The molecule has 0 bridgehead atoms. The SMILES string of the molecule is CC1=CC[C@@H]2C(=O)N(c3cccc(C(=O)Nc4cccc(Cl)c4)c3)C(=O)[C@H]2C1. The number of amides is 3. The average Bonchev–Trinajstić information content (AvgIpc) is 2.92. The lowest BCUT2D eigenvalue weighted by Gasteiger charge is -2.18. The minimum Gasteiger partial charge on any atom is -0.322 e. The quantitative estimate of drug-likeness (QED) is 0.618. The summed E-state index contributed by atoms with van der Waals surface area (Å²) in [4.78, 5) is 39.5. The smallest absolute Gasteiger partial charge is 0.255 e. The molecule has 142 valence electrons. The fourth-order valence-corrected chi connectivity index (χ4v) is 4.04. The fourth-order valence-electron chi connectivity index (χ4n) is 3.85. The normalized spacial score (nSPS) is 21.4. The summed E-state index contributed by atoms with van der Waals surface area (Å²) >= 11 is 5.95. The van der Waals surface area contributed by atoms with E-state index in [1.165, 1.54) is 4.90 Å². The van der Waals surface area contributed by atoms with Crippen LogP contribution >= 0.6 is 11.6 Å². The average molecular weight is 395 g/mol. The van der Waals surface area contributed by atoms with E-state index in [-0.39, 0.29) is 29.6 Å². The van der Waals surface area contributed by atoms with Gasteiger partial charge in [-0.05, 0) is 56.2 Å². The molecule has 1 aliphatic carbocycles. The molecule has 0 aromatic heterocycles. The predicted molar refractivity (Wildman–Crippen MR) is 108 cm³/mol. The summed E-state index contributed by atoms with van der Waals surface area (Å²) in [5, 5.41) is 3.29. The Morgan fingerprint density at radius 2 is 1.82 bits per heavy atom. The highest BCUT2D eigenvalue weighted by Crippen LogP contribution is 2.39. The Kier molecular flexibility index (Phi) is 4.77. The molecule has 3 amide bonds. The molecule has 0 unspecified atom stereocenters. The van der Waals surface area contributed by atoms with E-state index in [0.29, 0.717) is 34.8 Å². The Morgan fingerprint density at radius 3 is 2.61 bits per heavy atom. The first-order chi connectivity index (χ1) is 13.4. The van der Waals surface area contributed by atoms with Crippen LogP contribution in [0.25, 0.3) is 0 Å². The van der Waals surface area contributed by atoms with E-state index in [4.69, 9.17) is 11.6 Å². The zero-order valence-corrected chi connectivity index (χ0v) is 16.1. The number of halogens is 1. The zero-order chi connectivity index (χ0) is 19.8. The van der Waals surface area contributed by atoms with Crippen LogP contribution in [0.15, 0.2) is 60.2 Å². The molecular formula is C22H19ClN2O3. The van der Waals surface area contributed by atoms with Gasteiger partial charge in [-0.25, -0.2) is 0 Å². The van der Waals surface area contributed by atoms with Gasteiger partial charge in [-0.3, -0.25) is 19.3 Å². The maximum absolute atomic E-state index is 12.9. The van der Waals surface area contributed by atoms with Crippen LogP contribution in [0.1, 0.15) is 30.1 Å². The number of carbonyl (C=O) groups is 3. The third-order valence-corrected chi connectivity index (χ3v) is 5.51.